The minimum Gasteiger partial charge on any atom is -0.480 e. The van der Waals surface area contributed by atoms with Gasteiger partial charge in [0.25, 0.3) is 0 Å². The van der Waals surface area contributed by atoms with Crippen LogP contribution in [-0.4, -0.2) is 26.1 Å². The van der Waals surface area contributed by atoms with Crippen molar-refractivity contribution < 1.29 is 9.90 Å². The fourth-order valence-corrected chi connectivity index (χ4v) is 1.45. The molecule has 0 saturated heterocycles. The van der Waals surface area contributed by atoms with E-state index < -0.39 is 12.0 Å². The molecule has 0 radical (unpaired) electrons. The summed E-state index contributed by atoms with van der Waals surface area (Å²) in [6, 6.07) is 8.74. The van der Waals surface area contributed by atoms with Gasteiger partial charge in [-0.25, -0.2) is 9.48 Å². The average Bonchev–Trinajstić information content (AvgIpc) is 2.77. The highest BCUT2D eigenvalue weighted by Gasteiger charge is 2.18. The molecule has 1 atom stereocenters. The van der Waals surface area contributed by atoms with E-state index in [0.717, 1.165) is 5.56 Å². The van der Waals surface area contributed by atoms with Crippen LogP contribution in [-0.2, 0) is 4.79 Å². The molecule has 5 heteroatoms. The third-order valence-electron chi connectivity index (χ3n) is 2.37. The quantitative estimate of drug-likeness (QED) is 0.847. The molecule has 0 fully saturated rings. The number of carbonyl (C=O) groups is 1. The molecule has 2 aromatic rings. The Kier molecular flexibility index (Phi) is 2.68. The molecular weight excluding hydrogens is 206 g/mol. The van der Waals surface area contributed by atoms with Crippen LogP contribution < -0.4 is 0 Å². The molecule has 0 spiro atoms. The Hall–Kier alpha value is -2.17. The van der Waals surface area contributed by atoms with E-state index in [1.807, 2.05) is 30.3 Å². The molecule has 0 aliphatic heterocycles. The maximum Gasteiger partial charge on any atom is 0.328 e. The second kappa shape index (κ2) is 4.14. The van der Waals surface area contributed by atoms with E-state index in [-0.39, 0.29) is 0 Å². The van der Waals surface area contributed by atoms with Crippen molar-refractivity contribution in [2.24, 2.45) is 0 Å². The lowest BCUT2D eigenvalue weighted by Crippen LogP contribution is -2.17. The predicted molar refractivity (Wildman–Crippen MR) is 57.8 cm³/mol. The molecule has 1 aromatic heterocycles. The van der Waals surface area contributed by atoms with Gasteiger partial charge >= 0.3 is 5.97 Å². The molecule has 0 aliphatic carbocycles. The number of hydrogen-bond acceptors (Lipinski definition) is 3. The molecule has 1 N–H and O–H groups in total. The number of nitrogens with zero attached hydrogens (tertiary/aromatic N) is 3. The van der Waals surface area contributed by atoms with Gasteiger partial charge in [-0.15, -0.1) is 5.10 Å². The zero-order chi connectivity index (χ0) is 11.5. The molecule has 0 aliphatic rings. The predicted octanol–water partition coefficient (Wildman–Crippen LogP) is 1.59. The minimum atomic E-state index is -0.928. The molecule has 0 amide bonds. The van der Waals surface area contributed by atoms with E-state index in [2.05, 4.69) is 10.3 Å². The van der Waals surface area contributed by atoms with Crippen LogP contribution in [0.15, 0.2) is 36.5 Å². The van der Waals surface area contributed by atoms with Gasteiger partial charge in [0.15, 0.2) is 0 Å². The molecule has 1 heterocycles. The van der Waals surface area contributed by atoms with E-state index in [0.29, 0.717) is 5.69 Å². The highest BCUT2D eigenvalue weighted by molar-refractivity contribution is 5.72. The maximum atomic E-state index is 10.9. The van der Waals surface area contributed by atoms with E-state index in [1.165, 1.54) is 4.68 Å². The van der Waals surface area contributed by atoms with Crippen LogP contribution in [0.1, 0.15) is 13.0 Å². The van der Waals surface area contributed by atoms with Crippen molar-refractivity contribution in [3.8, 4) is 11.3 Å². The lowest BCUT2D eigenvalue weighted by Gasteiger charge is -2.09. The molecule has 0 saturated carbocycles. The van der Waals surface area contributed by atoms with Gasteiger partial charge in [0.1, 0.15) is 6.04 Å². The number of aliphatic carboxylic acids is 1. The summed E-state index contributed by atoms with van der Waals surface area (Å²) in [4.78, 5) is 10.9. The SMILES string of the molecule is CC(C(=O)O)n1nncc1-c1ccccc1. The zero-order valence-electron chi connectivity index (χ0n) is 8.74. The van der Waals surface area contributed by atoms with Gasteiger partial charge < -0.3 is 5.11 Å². The molecule has 82 valence electrons. The Balaban J connectivity index is 2.44. The summed E-state index contributed by atoms with van der Waals surface area (Å²) in [5.41, 5.74) is 1.61. The lowest BCUT2D eigenvalue weighted by atomic mass is 10.1. The zero-order valence-corrected chi connectivity index (χ0v) is 8.74. The topological polar surface area (TPSA) is 68.0 Å². The van der Waals surface area contributed by atoms with Gasteiger partial charge in [-0.1, -0.05) is 35.5 Å². The number of benzene rings is 1. The van der Waals surface area contributed by atoms with Crippen molar-refractivity contribution >= 4 is 5.97 Å². The molecule has 16 heavy (non-hydrogen) atoms. The van der Waals surface area contributed by atoms with Crippen LogP contribution in [0, 0.1) is 0 Å². The summed E-state index contributed by atoms with van der Waals surface area (Å²) in [7, 11) is 0. The number of carboxylic acids is 1. The van der Waals surface area contributed by atoms with Crippen LogP contribution in [0.3, 0.4) is 0 Å². The normalized spacial score (nSPS) is 12.3. The molecule has 5 nitrogen and oxygen atoms in total. The van der Waals surface area contributed by atoms with Gasteiger partial charge in [0.05, 0.1) is 11.9 Å². The molecule has 1 aromatic carbocycles. The molecule has 0 bridgehead atoms. The first-order valence-corrected chi connectivity index (χ1v) is 4.88. The van der Waals surface area contributed by atoms with Crippen LogP contribution in [0.2, 0.25) is 0 Å². The summed E-state index contributed by atoms with van der Waals surface area (Å²) in [5, 5.41) is 16.5. The van der Waals surface area contributed by atoms with Crippen molar-refractivity contribution in [1.82, 2.24) is 15.0 Å². The number of aromatic nitrogens is 3. The molecule has 1 unspecified atom stereocenters. The Morgan fingerprint density at radius 3 is 2.69 bits per heavy atom. The van der Waals surface area contributed by atoms with Crippen molar-refractivity contribution in [2.45, 2.75) is 13.0 Å². The second-order valence-corrected chi connectivity index (χ2v) is 3.44. The van der Waals surface area contributed by atoms with Crippen molar-refractivity contribution in [2.75, 3.05) is 0 Å². The highest BCUT2D eigenvalue weighted by atomic mass is 16.4. The third kappa shape index (κ3) is 1.79. The largest absolute Gasteiger partial charge is 0.480 e. The monoisotopic (exact) mass is 217 g/mol. The van der Waals surface area contributed by atoms with Crippen molar-refractivity contribution in [3.63, 3.8) is 0 Å². The Labute approximate surface area is 92.3 Å². The van der Waals surface area contributed by atoms with E-state index in [4.69, 9.17) is 5.11 Å². The van der Waals surface area contributed by atoms with E-state index >= 15 is 0 Å². The van der Waals surface area contributed by atoms with Crippen molar-refractivity contribution in [3.05, 3.63) is 36.5 Å². The van der Waals surface area contributed by atoms with E-state index in [1.54, 1.807) is 13.1 Å². The molecular formula is C11H11N3O2. The van der Waals surface area contributed by atoms with Gasteiger partial charge in [-0.2, -0.15) is 0 Å². The highest BCUT2D eigenvalue weighted by Crippen LogP contribution is 2.20. The fraction of sp³-hybridized carbons (Fsp3) is 0.182. The van der Waals surface area contributed by atoms with Gasteiger partial charge in [0, 0.05) is 5.56 Å². The Morgan fingerprint density at radius 2 is 2.06 bits per heavy atom. The standard InChI is InChI=1S/C11H11N3O2/c1-8(11(15)16)14-10(7-12-13-14)9-5-3-2-4-6-9/h2-8H,1H3,(H,15,16). The molecule has 2 rings (SSSR count). The van der Waals surface area contributed by atoms with E-state index in [9.17, 15) is 4.79 Å². The number of hydrogen-bond donors (Lipinski definition) is 1. The Bertz CT molecular complexity index is 493. The fourth-order valence-electron chi connectivity index (χ4n) is 1.45. The summed E-state index contributed by atoms with van der Waals surface area (Å²) in [5.74, 6) is -0.928. The number of carboxylic acid groups (broad SMARTS) is 1. The average molecular weight is 217 g/mol. The van der Waals surface area contributed by atoms with Crippen LogP contribution in [0.5, 0.6) is 0 Å². The summed E-state index contributed by atoms with van der Waals surface area (Å²) < 4.78 is 1.40. The summed E-state index contributed by atoms with van der Waals surface area (Å²) in [6.45, 7) is 1.57. The summed E-state index contributed by atoms with van der Waals surface area (Å²) >= 11 is 0. The van der Waals surface area contributed by atoms with Crippen molar-refractivity contribution in [1.29, 1.82) is 0 Å². The number of rotatable bonds is 3. The summed E-state index contributed by atoms with van der Waals surface area (Å²) in [6.07, 6.45) is 1.56. The minimum absolute atomic E-state index is 0.704. The second-order valence-electron chi connectivity index (χ2n) is 3.44. The Morgan fingerprint density at radius 1 is 1.38 bits per heavy atom. The van der Waals surface area contributed by atoms with Crippen LogP contribution in [0.25, 0.3) is 11.3 Å². The van der Waals surface area contributed by atoms with Gasteiger partial charge in [-0.05, 0) is 6.92 Å². The lowest BCUT2D eigenvalue weighted by molar-refractivity contribution is -0.140. The van der Waals surface area contributed by atoms with Crippen LogP contribution in [0.4, 0.5) is 0 Å². The third-order valence-corrected chi connectivity index (χ3v) is 2.37. The van der Waals surface area contributed by atoms with Crippen LogP contribution >= 0.6 is 0 Å². The first-order chi connectivity index (χ1) is 7.70. The van der Waals surface area contributed by atoms with Gasteiger partial charge in [0.2, 0.25) is 0 Å². The van der Waals surface area contributed by atoms with Gasteiger partial charge in [-0.3, -0.25) is 0 Å². The smallest absolute Gasteiger partial charge is 0.328 e. The first-order valence-electron chi connectivity index (χ1n) is 4.88. The maximum absolute atomic E-state index is 10.9. The first kappa shape index (κ1) is 10.4.